The van der Waals surface area contributed by atoms with E-state index in [1.54, 1.807) is 0 Å². The molecule has 1 aromatic carbocycles. The number of aliphatic carboxylic acids is 1. The van der Waals surface area contributed by atoms with Gasteiger partial charge in [0.15, 0.2) is 0 Å². The van der Waals surface area contributed by atoms with Crippen molar-refractivity contribution in [3.05, 3.63) is 48.0 Å². The minimum absolute atomic E-state index is 0.0411. The van der Waals surface area contributed by atoms with Crippen LogP contribution in [0.25, 0.3) is 0 Å². The Labute approximate surface area is 119 Å². The van der Waals surface area contributed by atoms with Crippen LogP contribution in [0.3, 0.4) is 0 Å². The molecule has 0 spiro atoms. The molecule has 0 fully saturated rings. The number of rotatable bonds is 5. The fourth-order valence-corrected chi connectivity index (χ4v) is 3.17. The molecule has 19 heavy (non-hydrogen) atoms. The van der Waals surface area contributed by atoms with Crippen LogP contribution < -0.4 is 0 Å². The van der Waals surface area contributed by atoms with Crippen molar-refractivity contribution in [3.63, 3.8) is 0 Å². The number of allylic oxidation sites excluding steroid dienone is 2. The van der Waals surface area contributed by atoms with Gasteiger partial charge in [-0.1, -0.05) is 42.5 Å². The van der Waals surface area contributed by atoms with Crippen LogP contribution in [-0.2, 0) is 4.79 Å². The maximum atomic E-state index is 11.9. The van der Waals surface area contributed by atoms with Crippen LogP contribution in [0.1, 0.15) is 37.2 Å². The normalized spacial score (nSPS) is 26.3. The summed E-state index contributed by atoms with van der Waals surface area (Å²) < 4.78 is 0. The summed E-state index contributed by atoms with van der Waals surface area (Å²) in [6, 6.07) is 9.97. The van der Waals surface area contributed by atoms with Crippen LogP contribution in [0.4, 0.5) is 0 Å². The number of carbonyl (C=O) groups is 1. The van der Waals surface area contributed by atoms with E-state index in [4.69, 9.17) is 11.6 Å². The van der Waals surface area contributed by atoms with Crippen LogP contribution in [0, 0.1) is 5.41 Å². The Bertz CT molecular complexity index is 455. The zero-order valence-electron chi connectivity index (χ0n) is 10.9. The molecule has 1 N–H and O–H groups in total. The van der Waals surface area contributed by atoms with Crippen molar-refractivity contribution < 1.29 is 9.90 Å². The quantitative estimate of drug-likeness (QED) is 0.647. The molecule has 0 bridgehead atoms. The summed E-state index contributed by atoms with van der Waals surface area (Å²) in [6.07, 6.45) is 6.86. The lowest BCUT2D eigenvalue weighted by molar-refractivity contribution is -0.151. The third kappa shape index (κ3) is 2.84. The van der Waals surface area contributed by atoms with Crippen LogP contribution in [-0.4, -0.2) is 17.0 Å². The number of halogens is 1. The van der Waals surface area contributed by atoms with Gasteiger partial charge in [0.05, 0.1) is 5.41 Å². The lowest BCUT2D eigenvalue weighted by Gasteiger charge is -2.39. The number of carboxylic acid groups (broad SMARTS) is 1. The van der Waals surface area contributed by atoms with Crippen LogP contribution in [0.15, 0.2) is 42.5 Å². The van der Waals surface area contributed by atoms with E-state index in [0.29, 0.717) is 18.7 Å². The zero-order chi connectivity index (χ0) is 13.7. The van der Waals surface area contributed by atoms with E-state index >= 15 is 0 Å². The lowest BCUT2D eigenvalue weighted by Crippen LogP contribution is -2.38. The molecule has 0 saturated carbocycles. The molecule has 1 aromatic rings. The molecule has 0 heterocycles. The second kappa shape index (κ2) is 6.25. The summed E-state index contributed by atoms with van der Waals surface area (Å²) in [6.45, 7) is 0. The number of alkyl halides is 1. The van der Waals surface area contributed by atoms with Crippen molar-refractivity contribution in [2.24, 2.45) is 5.41 Å². The predicted octanol–water partition coefficient (Wildman–Crippen LogP) is 4.21. The molecule has 2 rings (SSSR count). The fraction of sp³-hybridized carbons (Fsp3) is 0.438. The smallest absolute Gasteiger partial charge is 0.310 e. The minimum atomic E-state index is -0.703. The Morgan fingerprint density at radius 2 is 2.05 bits per heavy atom. The summed E-state index contributed by atoms with van der Waals surface area (Å²) in [5, 5.41) is 9.77. The average Bonchev–Trinajstić information content (AvgIpc) is 2.46. The van der Waals surface area contributed by atoms with Crippen molar-refractivity contribution in [2.75, 3.05) is 5.88 Å². The number of benzene rings is 1. The second-order valence-corrected chi connectivity index (χ2v) is 5.51. The van der Waals surface area contributed by atoms with Crippen molar-refractivity contribution in [1.29, 1.82) is 0 Å². The first-order chi connectivity index (χ1) is 9.20. The lowest BCUT2D eigenvalue weighted by atomic mass is 9.64. The third-order valence-corrected chi connectivity index (χ3v) is 4.34. The van der Waals surface area contributed by atoms with E-state index in [0.717, 1.165) is 18.4 Å². The Morgan fingerprint density at radius 3 is 2.68 bits per heavy atom. The molecule has 0 amide bonds. The van der Waals surface area contributed by atoms with E-state index in [-0.39, 0.29) is 5.92 Å². The van der Waals surface area contributed by atoms with Crippen LogP contribution >= 0.6 is 11.6 Å². The Balaban J connectivity index is 2.37. The molecule has 1 aliphatic rings. The number of carboxylic acids is 1. The largest absolute Gasteiger partial charge is 0.481 e. The maximum Gasteiger partial charge on any atom is 0.310 e. The van der Waals surface area contributed by atoms with Gasteiger partial charge in [0, 0.05) is 11.8 Å². The highest BCUT2D eigenvalue weighted by Crippen LogP contribution is 2.48. The summed E-state index contributed by atoms with van der Waals surface area (Å²) in [5.41, 5.74) is 0.411. The molecular weight excluding hydrogens is 260 g/mol. The highest BCUT2D eigenvalue weighted by molar-refractivity contribution is 6.17. The average molecular weight is 279 g/mol. The molecule has 102 valence electrons. The van der Waals surface area contributed by atoms with Crippen molar-refractivity contribution in [2.45, 2.75) is 31.6 Å². The van der Waals surface area contributed by atoms with E-state index in [2.05, 4.69) is 6.08 Å². The van der Waals surface area contributed by atoms with Gasteiger partial charge >= 0.3 is 5.97 Å². The van der Waals surface area contributed by atoms with Crippen molar-refractivity contribution in [3.8, 4) is 0 Å². The van der Waals surface area contributed by atoms with Gasteiger partial charge in [-0.05, 0) is 31.2 Å². The highest BCUT2D eigenvalue weighted by Gasteiger charge is 2.45. The molecule has 0 aromatic heterocycles. The monoisotopic (exact) mass is 278 g/mol. The standard InChI is InChI=1S/C16H19ClO2/c17-12-6-11-16(15(18)19)10-5-4-9-14(16)13-7-2-1-3-8-13/h1-5,7-8,14H,6,9-12H2,(H,18,19). The van der Waals surface area contributed by atoms with Gasteiger partial charge in [-0.15, -0.1) is 11.6 Å². The van der Waals surface area contributed by atoms with Crippen molar-refractivity contribution in [1.82, 2.24) is 0 Å². The first kappa shape index (κ1) is 14.1. The van der Waals surface area contributed by atoms with Crippen LogP contribution in [0.2, 0.25) is 0 Å². The van der Waals surface area contributed by atoms with E-state index in [1.165, 1.54) is 0 Å². The SMILES string of the molecule is O=C(O)C1(CCCCl)CC=CCC1c1ccccc1. The number of hydrogen-bond acceptors (Lipinski definition) is 1. The Morgan fingerprint density at radius 1 is 1.32 bits per heavy atom. The first-order valence-corrected chi connectivity index (χ1v) is 7.23. The van der Waals surface area contributed by atoms with E-state index in [1.807, 2.05) is 36.4 Å². The first-order valence-electron chi connectivity index (χ1n) is 6.70. The Kier molecular flexibility index (Phi) is 4.65. The minimum Gasteiger partial charge on any atom is -0.481 e. The molecule has 2 unspecified atom stereocenters. The number of hydrogen-bond donors (Lipinski definition) is 1. The van der Waals surface area contributed by atoms with Gasteiger partial charge in [-0.25, -0.2) is 0 Å². The molecule has 0 saturated heterocycles. The molecule has 0 radical (unpaired) electrons. The molecular formula is C16H19ClO2. The molecule has 2 atom stereocenters. The summed E-state index contributed by atoms with van der Waals surface area (Å²) in [7, 11) is 0. The molecule has 1 aliphatic carbocycles. The van der Waals surface area contributed by atoms with Crippen molar-refractivity contribution >= 4 is 17.6 Å². The van der Waals surface area contributed by atoms with Gasteiger partial charge in [0.1, 0.15) is 0 Å². The third-order valence-electron chi connectivity index (χ3n) is 4.07. The Hall–Kier alpha value is -1.28. The summed E-state index contributed by atoms with van der Waals surface area (Å²) in [4.78, 5) is 11.9. The zero-order valence-corrected chi connectivity index (χ0v) is 11.6. The molecule has 2 nitrogen and oxygen atoms in total. The summed E-state index contributed by atoms with van der Waals surface area (Å²) in [5.74, 6) is -0.143. The topological polar surface area (TPSA) is 37.3 Å². The maximum absolute atomic E-state index is 11.9. The summed E-state index contributed by atoms with van der Waals surface area (Å²) >= 11 is 5.77. The van der Waals surface area contributed by atoms with Crippen LogP contribution in [0.5, 0.6) is 0 Å². The highest BCUT2D eigenvalue weighted by atomic mass is 35.5. The fourth-order valence-electron chi connectivity index (χ4n) is 3.04. The molecule has 3 heteroatoms. The van der Waals surface area contributed by atoms with Gasteiger partial charge in [0.25, 0.3) is 0 Å². The second-order valence-electron chi connectivity index (χ2n) is 5.13. The molecule has 0 aliphatic heterocycles. The van der Waals surface area contributed by atoms with E-state index in [9.17, 15) is 9.90 Å². The van der Waals surface area contributed by atoms with Gasteiger partial charge in [-0.2, -0.15) is 0 Å². The van der Waals surface area contributed by atoms with Gasteiger partial charge in [-0.3, -0.25) is 4.79 Å². The van der Waals surface area contributed by atoms with Gasteiger partial charge in [0.2, 0.25) is 0 Å². The van der Waals surface area contributed by atoms with Gasteiger partial charge < -0.3 is 5.11 Å². The van der Waals surface area contributed by atoms with E-state index < -0.39 is 11.4 Å². The predicted molar refractivity (Wildman–Crippen MR) is 77.6 cm³/mol.